The molecule has 0 bridgehead atoms. The molecule has 0 spiro atoms. The number of amides is 2. The van der Waals surface area contributed by atoms with Crippen molar-refractivity contribution in [3.05, 3.63) is 30.3 Å². The average molecular weight is 274 g/mol. The van der Waals surface area contributed by atoms with E-state index < -0.39 is 0 Å². The number of rotatable bonds is 6. The minimum absolute atomic E-state index is 0.124. The largest absolute Gasteiger partial charge is 0.303 e. The Morgan fingerprint density at radius 2 is 2.00 bits per heavy atom. The average Bonchev–Trinajstić information content (AvgIpc) is 2.72. The zero-order valence-corrected chi connectivity index (χ0v) is 12.1. The van der Waals surface area contributed by atoms with E-state index in [0.29, 0.717) is 5.69 Å². The van der Waals surface area contributed by atoms with Crippen molar-refractivity contribution < 1.29 is 9.59 Å². The van der Waals surface area contributed by atoms with Gasteiger partial charge in [-0.2, -0.15) is 0 Å². The van der Waals surface area contributed by atoms with Crippen LogP contribution in [0, 0.1) is 0 Å². The van der Waals surface area contributed by atoms with Crippen molar-refractivity contribution in [3.8, 4) is 0 Å². The summed E-state index contributed by atoms with van der Waals surface area (Å²) in [6.07, 6.45) is 3.55. The molecule has 1 aromatic rings. The van der Waals surface area contributed by atoms with Crippen molar-refractivity contribution in [2.45, 2.75) is 51.6 Å². The molecule has 1 aliphatic rings. The van der Waals surface area contributed by atoms with Gasteiger partial charge in [-0.3, -0.25) is 9.59 Å². The molecule has 1 aliphatic heterocycles. The molecule has 4 nitrogen and oxygen atoms in total. The molecular weight excluding hydrogens is 252 g/mol. The molecule has 2 rings (SSSR count). The van der Waals surface area contributed by atoms with Gasteiger partial charge in [-0.1, -0.05) is 38.0 Å². The second kappa shape index (κ2) is 6.66. The van der Waals surface area contributed by atoms with E-state index in [1.165, 1.54) is 4.90 Å². The Balaban J connectivity index is 2.02. The van der Waals surface area contributed by atoms with Crippen molar-refractivity contribution in [1.29, 1.82) is 0 Å². The first-order valence-corrected chi connectivity index (χ1v) is 7.31. The fraction of sp³-hybridized carbons (Fsp3) is 0.500. The lowest BCUT2D eigenvalue weighted by Crippen LogP contribution is -2.42. The monoisotopic (exact) mass is 274 g/mol. The number of imide groups is 1. The number of anilines is 1. The van der Waals surface area contributed by atoms with Gasteiger partial charge in [0.05, 0.1) is 18.2 Å². The number of nitrogens with zero attached hydrogens (tertiary/aromatic N) is 1. The number of unbranched alkanes of at least 4 members (excludes halogenated alkanes) is 1. The number of nitrogens with one attached hydrogen (secondary N) is 1. The Bertz CT molecular complexity index is 473. The van der Waals surface area contributed by atoms with Crippen LogP contribution in [-0.2, 0) is 9.59 Å². The van der Waals surface area contributed by atoms with Gasteiger partial charge in [0.25, 0.3) is 5.91 Å². The molecule has 1 fully saturated rings. The smallest absolute Gasteiger partial charge is 0.251 e. The van der Waals surface area contributed by atoms with E-state index in [-0.39, 0.29) is 30.3 Å². The second-order valence-electron chi connectivity index (χ2n) is 5.37. The zero-order valence-electron chi connectivity index (χ0n) is 12.1. The highest BCUT2D eigenvalue weighted by atomic mass is 16.2. The van der Waals surface area contributed by atoms with Gasteiger partial charge in [0, 0.05) is 6.04 Å². The summed E-state index contributed by atoms with van der Waals surface area (Å²) in [6.45, 7) is 4.21. The van der Waals surface area contributed by atoms with Gasteiger partial charge in [0.2, 0.25) is 5.91 Å². The molecule has 0 aromatic heterocycles. The normalized spacial score (nSPS) is 20.5. The number of carbonyl (C=O) groups excluding carboxylic acids is 2. The Hall–Kier alpha value is -1.68. The quantitative estimate of drug-likeness (QED) is 0.811. The van der Waals surface area contributed by atoms with Crippen LogP contribution in [0.5, 0.6) is 0 Å². The van der Waals surface area contributed by atoms with Gasteiger partial charge in [0.15, 0.2) is 0 Å². The molecule has 1 saturated heterocycles. The SMILES string of the molecule is CCCCC(C)NC1CC(=O)N(c2ccccc2)C1=O. The molecular formula is C16H22N2O2. The molecule has 108 valence electrons. The van der Waals surface area contributed by atoms with Gasteiger partial charge < -0.3 is 5.32 Å². The third-order valence-electron chi connectivity index (χ3n) is 3.64. The highest BCUT2D eigenvalue weighted by Gasteiger charge is 2.39. The molecule has 1 N–H and O–H groups in total. The summed E-state index contributed by atoms with van der Waals surface area (Å²) in [5.41, 5.74) is 0.660. The Morgan fingerprint density at radius 1 is 1.30 bits per heavy atom. The minimum atomic E-state index is -0.380. The number of benzene rings is 1. The van der Waals surface area contributed by atoms with Crippen LogP contribution in [0.1, 0.15) is 39.5 Å². The first-order valence-electron chi connectivity index (χ1n) is 7.31. The van der Waals surface area contributed by atoms with Crippen molar-refractivity contribution in [3.63, 3.8) is 0 Å². The maximum absolute atomic E-state index is 12.4. The summed E-state index contributed by atoms with van der Waals surface area (Å²) in [5.74, 6) is -0.258. The lowest BCUT2D eigenvalue weighted by atomic mass is 10.1. The van der Waals surface area contributed by atoms with Gasteiger partial charge in [-0.05, 0) is 25.5 Å². The first kappa shape index (κ1) is 14.7. The van der Waals surface area contributed by atoms with Crippen LogP contribution in [0.4, 0.5) is 5.69 Å². The standard InChI is InChI=1S/C16H22N2O2/c1-3-4-8-12(2)17-14-11-15(19)18(16(14)20)13-9-6-5-7-10-13/h5-7,9-10,12,14,17H,3-4,8,11H2,1-2H3. The van der Waals surface area contributed by atoms with Crippen LogP contribution in [0.2, 0.25) is 0 Å². The van der Waals surface area contributed by atoms with Crippen LogP contribution in [0.3, 0.4) is 0 Å². The maximum atomic E-state index is 12.4. The van der Waals surface area contributed by atoms with E-state index in [2.05, 4.69) is 19.2 Å². The topological polar surface area (TPSA) is 49.4 Å². The van der Waals surface area contributed by atoms with Crippen LogP contribution in [0.15, 0.2) is 30.3 Å². The van der Waals surface area contributed by atoms with Crippen molar-refractivity contribution in [2.75, 3.05) is 4.90 Å². The molecule has 0 saturated carbocycles. The highest BCUT2D eigenvalue weighted by Crippen LogP contribution is 2.22. The Labute approximate surface area is 120 Å². The molecule has 0 aliphatic carbocycles. The summed E-state index contributed by atoms with van der Waals surface area (Å²) in [5, 5.41) is 3.28. The summed E-state index contributed by atoms with van der Waals surface area (Å²) < 4.78 is 0. The van der Waals surface area contributed by atoms with E-state index >= 15 is 0 Å². The number of para-hydroxylation sites is 1. The molecule has 20 heavy (non-hydrogen) atoms. The van der Waals surface area contributed by atoms with Crippen LogP contribution in [0.25, 0.3) is 0 Å². The summed E-state index contributed by atoms with van der Waals surface area (Å²) in [7, 11) is 0. The van der Waals surface area contributed by atoms with Crippen molar-refractivity contribution in [1.82, 2.24) is 5.32 Å². The fourth-order valence-electron chi connectivity index (χ4n) is 2.55. The summed E-state index contributed by atoms with van der Waals surface area (Å²) in [6, 6.07) is 9.00. The highest BCUT2D eigenvalue weighted by molar-refractivity contribution is 6.22. The third kappa shape index (κ3) is 3.25. The lowest BCUT2D eigenvalue weighted by molar-refractivity contribution is -0.121. The van der Waals surface area contributed by atoms with E-state index in [1.54, 1.807) is 12.1 Å². The van der Waals surface area contributed by atoms with Crippen molar-refractivity contribution in [2.24, 2.45) is 0 Å². The van der Waals surface area contributed by atoms with E-state index in [1.807, 2.05) is 18.2 Å². The Morgan fingerprint density at radius 3 is 2.65 bits per heavy atom. The van der Waals surface area contributed by atoms with Crippen LogP contribution >= 0.6 is 0 Å². The minimum Gasteiger partial charge on any atom is -0.303 e. The number of carbonyl (C=O) groups is 2. The summed E-state index contributed by atoms with van der Waals surface area (Å²) >= 11 is 0. The van der Waals surface area contributed by atoms with Gasteiger partial charge in [0.1, 0.15) is 0 Å². The van der Waals surface area contributed by atoms with Crippen LogP contribution in [-0.4, -0.2) is 23.9 Å². The van der Waals surface area contributed by atoms with Gasteiger partial charge >= 0.3 is 0 Å². The second-order valence-corrected chi connectivity index (χ2v) is 5.37. The van der Waals surface area contributed by atoms with E-state index in [9.17, 15) is 9.59 Å². The molecule has 4 heteroatoms. The molecule has 2 unspecified atom stereocenters. The number of hydrogen-bond acceptors (Lipinski definition) is 3. The third-order valence-corrected chi connectivity index (χ3v) is 3.64. The predicted octanol–water partition coefficient (Wildman–Crippen LogP) is 2.49. The fourth-order valence-corrected chi connectivity index (χ4v) is 2.55. The number of hydrogen-bond donors (Lipinski definition) is 1. The lowest BCUT2D eigenvalue weighted by Gasteiger charge is -2.19. The van der Waals surface area contributed by atoms with E-state index in [4.69, 9.17) is 0 Å². The van der Waals surface area contributed by atoms with E-state index in [0.717, 1.165) is 19.3 Å². The molecule has 0 radical (unpaired) electrons. The Kier molecular flexibility index (Phi) is 4.90. The molecule has 1 aromatic carbocycles. The summed E-state index contributed by atoms with van der Waals surface area (Å²) in [4.78, 5) is 25.7. The zero-order chi connectivity index (χ0) is 14.5. The van der Waals surface area contributed by atoms with Gasteiger partial charge in [-0.15, -0.1) is 0 Å². The molecule has 1 heterocycles. The molecule has 2 atom stereocenters. The maximum Gasteiger partial charge on any atom is 0.251 e. The van der Waals surface area contributed by atoms with Crippen LogP contribution < -0.4 is 10.2 Å². The van der Waals surface area contributed by atoms with Crippen molar-refractivity contribution >= 4 is 17.5 Å². The van der Waals surface area contributed by atoms with Gasteiger partial charge in [-0.25, -0.2) is 4.90 Å². The predicted molar refractivity (Wildman–Crippen MR) is 79.5 cm³/mol. The first-order chi connectivity index (χ1) is 9.63. The molecule has 2 amide bonds.